The molecule has 0 heterocycles. The van der Waals surface area contributed by atoms with E-state index < -0.39 is 8.32 Å². The van der Waals surface area contributed by atoms with Gasteiger partial charge in [-0.25, -0.2) is 0 Å². The molecule has 0 saturated carbocycles. The molecule has 2 N–H and O–H groups in total. The number of rotatable bonds is 5. The van der Waals surface area contributed by atoms with Gasteiger partial charge in [-0.1, -0.05) is 32.5 Å². The normalized spacial score (nSPS) is 14.5. The first-order chi connectivity index (χ1) is 8.44. The number of nitrogens with zero attached hydrogens (tertiary/aromatic N) is 2. The van der Waals surface area contributed by atoms with E-state index in [1.807, 2.05) is 0 Å². The van der Waals surface area contributed by atoms with Crippen molar-refractivity contribution in [2.45, 2.75) is 45.8 Å². The van der Waals surface area contributed by atoms with E-state index in [0.29, 0.717) is 5.70 Å². The Kier molecular flexibility index (Phi) is 5.83. The molecule has 0 radical (unpaired) electrons. The molecule has 0 aliphatic heterocycles. The lowest BCUT2D eigenvalue weighted by atomic mass is 10.2. The molecule has 0 aliphatic rings. The first-order valence-electron chi connectivity index (χ1n) is 6.13. The van der Waals surface area contributed by atoms with E-state index in [4.69, 9.17) is 9.73 Å². The zero-order valence-corrected chi connectivity index (χ0v) is 14.0. The van der Waals surface area contributed by atoms with Crippen molar-refractivity contribution in [2.24, 2.45) is 5.16 Å². The average Bonchev–Trinajstić information content (AvgIpc) is 2.25. The van der Waals surface area contributed by atoms with Crippen LogP contribution in [0, 0.1) is 0 Å². The molecule has 0 rings (SSSR count). The molecule has 6 heteroatoms. The van der Waals surface area contributed by atoms with E-state index >= 15 is 0 Å². The minimum absolute atomic E-state index is 0.0565. The molecule has 5 nitrogen and oxygen atoms in total. The van der Waals surface area contributed by atoms with E-state index in [1.165, 1.54) is 0 Å². The largest absolute Gasteiger partial charge is 0.505 e. The van der Waals surface area contributed by atoms with Gasteiger partial charge in [-0.2, -0.15) is 0 Å². The fourth-order valence-corrected chi connectivity index (χ4v) is 2.16. The molecule has 0 fully saturated rings. The van der Waals surface area contributed by atoms with Crippen LogP contribution in [0.15, 0.2) is 28.8 Å². The van der Waals surface area contributed by atoms with Gasteiger partial charge in [0, 0.05) is 12.6 Å². The molecule has 0 unspecified atom stereocenters. The first-order valence-corrected chi connectivity index (χ1v) is 9.04. The molecule has 0 saturated heterocycles. The van der Waals surface area contributed by atoms with Gasteiger partial charge >= 0.3 is 0 Å². The fraction of sp³-hybridized carbons (Fsp3) is 0.615. The average molecular weight is 286 g/mol. The molecular weight excluding hydrogens is 260 g/mol. The van der Waals surface area contributed by atoms with Gasteiger partial charge < -0.3 is 14.8 Å². The predicted octanol–water partition coefficient (Wildman–Crippen LogP) is 3.66. The van der Waals surface area contributed by atoms with Gasteiger partial charge in [-0.15, -0.1) is 0 Å². The summed E-state index contributed by atoms with van der Waals surface area (Å²) in [6.07, 6.45) is 1.08. The second-order valence-corrected chi connectivity index (χ2v) is 10.8. The van der Waals surface area contributed by atoms with Crippen LogP contribution >= 0.6 is 0 Å². The van der Waals surface area contributed by atoms with Crippen LogP contribution in [0.3, 0.4) is 0 Å². The number of aliphatic hydroxyl groups excluding tert-OH is 1. The van der Waals surface area contributed by atoms with Crippen LogP contribution in [0.4, 0.5) is 0 Å². The molecule has 0 aromatic rings. The predicted molar refractivity (Wildman–Crippen MR) is 80.8 cm³/mol. The lowest BCUT2D eigenvalue weighted by Crippen LogP contribution is -2.45. The standard InChI is InChI=1S/C13H26N2O3Si/c1-10(9-14-17)12(16)11(2)15(6)18-19(7,8)13(3,4)5/h9,16-17H,1H2,2-8H3/b12-11+,14-9+. The second kappa shape index (κ2) is 6.25. The van der Waals surface area contributed by atoms with Gasteiger partial charge in [-0.3, -0.25) is 5.06 Å². The highest BCUT2D eigenvalue weighted by atomic mass is 28.4. The second-order valence-electron chi connectivity index (χ2n) is 6.05. The van der Waals surface area contributed by atoms with Crippen molar-refractivity contribution in [3.05, 3.63) is 23.6 Å². The maximum atomic E-state index is 9.96. The SMILES string of the molecule is C=C(/C=N/O)/C(O)=C(/C)N(C)O[Si](C)(C)C(C)(C)C. The summed E-state index contributed by atoms with van der Waals surface area (Å²) in [5, 5.41) is 22.9. The Labute approximate surface area is 117 Å². The molecule has 0 amide bonds. The summed E-state index contributed by atoms with van der Waals surface area (Å²) in [4.78, 5) is 0. The lowest BCUT2D eigenvalue weighted by molar-refractivity contribution is -0.0148. The number of hydrogen-bond acceptors (Lipinski definition) is 5. The van der Waals surface area contributed by atoms with Crippen molar-refractivity contribution in [3.8, 4) is 0 Å². The van der Waals surface area contributed by atoms with Crippen molar-refractivity contribution < 1.29 is 14.8 Å². The summed E-state index contributed by atoms with van der Waals surface area (Å²) in [7, 11) is -0.216. The third kappa shape index (κ3) is 4.72. The van der Waals surface area contributed by atoms with E-state index in [1.54, 1.807) is 19.0 Å². The van der Waals surface area contributed by atoms with E-state index in [-0.39, 0.29) is 16.4 Å². The molecule has 110 valence electrons. The van der Waals surface area contributed by atoms with Crippen LogP contribution in [-0.4, -0.2) is 37.0 Å². The molecule has 0 aromatic carbocycles. The van der Waals surface area contributed by atoms with Crippen LogP contribution in [-0.2, 0) is 4.53 Å². The van der Waals surface area contributed by atoms with Gasteiger partial charge in [0.05, 0.1) is 11.9 Å². The minimum Gasteiger partial charge on any atom is -0.505 e. The molecule has 19 heavy (non-hydrogen) atoms. The fourth-order valence-electron chi connectivity index (χ4n) is 1.06. The highest BCUT2D eigenvalue weighted by Gasteiger charge is 2.39. The number of allylic oxidation sites excluding steroid dienone is 2. The first kappa shape index (κ1) is 17.7. The van der Waals surface area contributed by atoms with E-state index in [9.17, 15) is 5.11 Å². The van der Waals surface area contributed by atoms with Crippen LogP contribution in [0.1, 0.15) is 27.7 Å². The highest BCUT2D eigenvalue weighted by molar-refractivity contribution is 6.74. The smallest absolute Gasteiger partial charge is 0.228 e. The summed E-state index contributed by atoms with van der Waals surface area (Å²) in [5.74, 6) is -0.0565. The molecular formula is C13H26N2O3Si. The molecule has 0 bridgehead atoms. The summed E-state index contributed by atoms with van der Waals surface area (Å²) in [5.41, 5.74) is 0.750. The van der Waals surface area contributed by atoms with Crippen LogP contribution < -0.4 is 0 Å². The lowest BCUT2D eigenvalue weighted by Gasteiger charge is -2.39. The van der Waals surface area contributed by atoms with Crippen molar-refractivity contribution >= 4 is 14.5 Å². The van der Waals surface area contributed by atoms with Gasteiger partial charge in [0.25, 0.3) is 0 Å². The zero-order valence-electron chi connectivity index (χ0n) is 13.0. The zero-order chi connectivity index (χ0) is 15.4. The molecule has 0 aliphatic carbocycles. The topological polar surface area (TPSA) is 65.3 Å². The van der Waals surface area contributed by atoms with E-state index in [0.717, 1.165) is 6.21 Å². The van der Waals surface area contributed by atoms with Crippen LogP contribution in [0.5, 0.6) is 0 Å². The van der Waals surface area contributed by atoms with Gasteiger partial charge in [-0.05, 0) is 25.1 Å². The maximum absolute atomic E-state index is 9.96. The Morgan fingerprint density at radius 2 is 1.84 bits per heavy atom. The summed E-state index contributed by atoms with van der Waals surface area (Å²) < 4.78 is 6.02. The third-order valence-corrected chi connectivity index (χ3v) is 7.85. The van der Waals surface area contributed by atoms with Gasteiger partial charge in [0.15, 0.2) is 0 Å². The Morgan fingerprint density at radius 3 is 2.21 bits per heavy atom. The number of aliphatic hydroxyl groups is 1. The van der Waals surface area contributed by atoms with Gasteiger partial charge in [0.1, 0.15) is 5.76 Å². The monoisotopic (exact) mass is 286 g/mol. The van der Waals surface area contributed by atoms with Crippen molar-refractivity contribution in [2.75, 3.05) is 7.05 Å². The van der Waals surface area contributed by atoms with Crippen LogP contribution in [0.25, 0.3) is 0 Å². The summed E-state index contributed by atoms with van der Waals surface area (Å²) in [6.45, 7) is 16.0. The molecule has 0 aromatic heterocycles. The quantitative estimate of drug-likeness (QED) is 0.202. The van der Waals surface area contributed by atoms with Crippen molar-refractivity contribution in [3.63, 3.8) is 0 Å². The minimum atomic E-state index is -1.96. The summed E-state index contributed by atoms with van der Waals surface area (Å²) >= 11 is 0. The highest BCUT2D eigenvalue weighted by Crippen LogP contribution is 2.37. The molecule has 0 spiro atoms. The van der Waals surface area contributed by atoms with E-state index in [2.05, 4.69) is 45.6 Å². The third-order valence-electron chi connectivity index (χ3n) is 3.50. The van der Waals surface area contributed by atoms with Crippen molar-refractivity contribution in [1.29, 1.82) is 0 Å². The number of hydroxylamine groups is 2. The molecule has 0 atom stereocenters. The van der Waals surface area contributed by atoms with Crippen molar-refractivity contribution in [1.82, 2.24) is 5.06 Å². The number of hydrogen-bond donors (Lipinski definition) is 2. The maximum Gasteiger partial charge on any atom is 0.228 e. The van der Waals surface area contributed by atoms with Crippen LogP contribution in [0.2, 0.25) is 18.1 Å². The number of oxime groups is 1. The summed E-state index contributed by atoms with van der Waals surface area (Å²) in [6, 6.07) is 0. The Balaban J connectivity index is 5.08. The Morgan fingerprint density at radius 1 is 1.37 bits per heavy atom. The van der Waals surface area contributed by atoms with Gasteiger partial charge in [0.2, 0.25) is 8.32 Å². The Bertz CT molecular complexity index is 395. The Hall–Kier alpha value is -1.27.